The van der Waals surface area contributed by atoms with Crippen LogP contribution < -0.4 is 10.2 Å². The number of amides is 2. The van der Waals surface area contributed by atoms with Crippen molar-refractivity contribution < 1.29 is 14.4 Å². The first-order valence-corrected chi connectivity index (χ1v) is 12.2. The summed E-state index contributed by atoms with van der Waals surface area (Å²) in [6, 6.07) is 5.44. The monoisotopic (exact) mass is 471 g/mol. The SMILES string of the molecule is CSCC[C@]1(C[C@H](C)C(=O)N2CCN(c3cc(Cl)cc(Cl)c3)CC2)NC(=O)CC1=O. The molecule has 0 unspecified atom stereocenters. The highest BCUT2D eigenvalue weighted by Crippen LogP contribution is 2.31. The Kier molecular flexibility index (Phi) is 7.58. The van der Waals surface area contributed by atoms with E-state index in [1.54, 1.807) is 17.8 Å². The largest absolute Gasteiger partial charge is 0.368 e. The molecule has 164 valence electrons. The van der Waals surface area contributed by atoms with Crippen molar-refractivity contribution in [3.8, 4) is 0 Å². The minimum atomic E-state index is -0.908. The van der Waals surface area contributed by atoms with Gasteiger partial charge in [-0.25, -0.2) is 0 Å². The summed E-state index contributed by atoms with van der Waals surface area (Å²) >= 11 is 13.8. The third-order valence-electron chi connectivity index (χ3n) is 5.85. The van der Waals surface area contributed by atoms with Crippen LogP contribution in [0.15, 0.2) is 18.2 Å². The molecule has 2 aliphatic rings. The smallest absolute Gasteiger partial charge is 0.228 e. The third-order valence-corrected chi connectivity index (χ3v) is 6.90. The Bertz CT molecular complexity index is 809. The zero-order chi connectivity index (χ0) is 21.9. The standard InChI is InChI=1S/C21H27Cl2N3O3S/c1-14(13-21(3-8-30-2)18(27)12-19(28)24-21)20(29)26-6-4-25(5-7-26)17-10-15(22)9-16(23)11-17/h9-11,14H,3-8,12-13H2,1-2H3,(H,24,28)/t14-,21+/m0/s1. The maximum absolute atomic E-state index is 13.1. The van der Waals surface area contributed by atoms with Crippen LogP contribution in [0.1, 0.15) is 26.2 Å². The second-order valence-corrected chi connectivity index (χ2v) is 9.88. The van der Waals surface area contributed by atoms with E-state index in [4.69, 9.17) is 23.2 Å². The first kappa shape index (κ1) is 23.2. The highest BCUT2D eigenvalue weighted by molar-refractivity contribution is 7.98. The molecule has 2 fully saturated rings. The molecular weight excluding hydrogens is 445 g/mol. The van der Waals surface area contributed by atoms with Gasteiger partial charge in [-0.2, -0.15) is 11.8 Å². The number of Topliss-reactive ketones (excluding diaryl/α,β-unsaturated/α-hetero) is 1. The minimum Gasteiger partial charge on any atom is -0.368 e. The average molecular weight is 472 g/mol. The number of nitrogens with one attached hydrogen (secondary N) is 1. The molecule has 1 aromatic rings. The van der Waals surface area contributed by atoms with Crippen LogP contribution in [-0.4, -0.2) is 66.2 Å². The summed E-state index contributed by atoms with van der Waals surface area (Å²) in [6.45, 7) is 4.39. The summed E-state index contributed by atoms with van der Waals surface area (Å²) in [7, 11) is 0. The van der Waals surface area contributed by atoms with Gasteiger partial charge in [0.2, 0.25) is 11.8 Å². The van der Waals surface area contributed by atoms with Gasteiger partial charge in [-0.3, -0.25) is 14.4 Å². The Balaban J connectivity index is 1.61. The normalized spacial score (nSPS) is 22.9. The van der Waals surface area contributed by atoms with Gasteiger partial charge in [0.05, 0.1) is 6.42 Å². The number of piperazine rings is 1. The number of carbonyl (C=O) groups excluding carboxylic acids is 3. The Morgan fingerprint density at radius 3 is 2.33 bits per heavy atom. The summed E-state index contributed by atoms with van der Waals surface area (Å²) in [4.78, 5) is 41.5. The van der Waals surface area contributed by atoms with Crippen molar-refractivity contribution >= 4 is 58.2 Å². The molecule has 2 saturated heterocycles. The number of rotatable bonds is 7. The number of thioether (sulfide) groups is 1. The van der Waals surface area contributed by atoms with Gasteiger partial charge in [0, 0.05) is 47.8 Å². The molecular formula is C21H27Cl2N3O3S. The number of nitrogens with zero attached hydrogens (tertiary/aromatic N) is 2. The molecule has 2 amide bonds. The molecule has 30 heavy (non-hydrogen) atoms. The minimum absolute atomic E-state index is 0.0243. The van der Waals surface area contributed by atoms with E-state index in [1.165, 1.54) is 0 Å². The molecule has 0 aliphatic carbocycles. The zero-order valence-corrected chi connectivity index (χ0v) is 19.6. The van der Waals surface area contributed by atoms with Crippen molar-refractivity contribution in [3.05, 3.63) is 28.2 Å². The molecule has 3 rings (SSSR count). The van der Waals surface area contributed by atoms with Gasteiger partial charge in [0.15, 0.2) is 5.78 Å². The quantitative estimate of drug-likeness (QED) is 0.618. The van der Waals surface area contributed by atoms with Gasteiger partial charge in [-0.05, 0) is 43.0 Å². The van der Waals surface area contributed by atoms with Crippen molar-refractivity contribution in [2.45, 2.75) is 31.7 Å². The van der Waals surface area contributed by atoms with E-state index in [0.29, 0.717) is 49.1 Å². The van der Waals surface area contributed by atoms with Crippen molar-refractivity contribution in [3.63, 3.8) is 0 Å². The fourth-order valence-electron chi connectivity index (χ4n) is 4.27. The summed E-state index contributed by atoms with van der Waals surface area (Å²) < 4.78 is 0. The van der Waals surface area contributed by atoms with E-state index >= 15 is 0 Å². The molecule has 0 bridgehead atoms. The molecule has 9 heteroatoms. The predicted molar refractivity (Wildman–Crippen MR) is 123 cm³/mol. The number of carbonyl (C=O) groups is 3. The summed E-state index contributed by atoms with van der Waals surface area (Å²) in [5.41, 5.74) is 0.0390. The van der Waals surface area contributed by atoms with E-state index in [2.05, 4.69) is 10.2 Å². The summed E-state index contributed by atoms with van der Waals surface area (Å²) in [5, 5.41) is 4.05. The number of benzene rings is 1. The molecule has 6 nitrogen and oxygen atoms in total. The Morgan fingerprint density at radius 2 is 1.80 bits per heavy atom. The maximum atomic E-state index is 13.1. The third kappa shape index (κ3) is 5.24. The van der Waals surface area contributed by atoms with E-state index < -0.39 is 5.54 Å². The topological polar surface area (TPSA) is 69.7 Å². The molecule has 0 spiro atoms. The summed E-state index contributed by atoms with van der Waals surface area (Å²) in [6.07, 6.45) is 2.78. The Morgan fingerprint density at radius 1 is 1.17 bits per heavy atom. The number of halogens is 2. The predicted octanol–water partition coefficient (Wildman–Crippen LogP) is 3.25. The fourth-order valence-corrected chi connectivity index (χ4v) is 5.34. The van der Waals surface area contributed by atoms with Gasteiger partial charge < -0.3 is 15.1 Å². The van der Waals surface area contributed by atoms with Crippen LogP contribution in [0.2, 0.25) is 10.0 Å². The van der Waals surface area contributed by atoms with Crippen LogP contribution in [0.25, 0.3) is 0 Å². The van der Waals surface area contributed by atoms with Crippen molar-refractivity contribution in [2.24, 2.45) is 5.92 Å². The molecule has 2 atom stereocenters. The zero-order valence-electron chi connectivity index (χ0n) is 17.2. The first-order valence-electron chi connectivity index (χ1n) is 10.1. The molecule has 1 aromatic carbocycles. The lowest BCUT2D eigenvalue weighted by Gasteiger charge is -2.38. The lowest BCUT2D eigenvalue weighted by molar-refractivity contribution is -0.136. The number of hydrogen-bond acceptors (Lipinski definition) is 5. The summed E-state index contributed by atoms with van der Waals surface area (Å²) in [5.74, 6) is 0.101. The van der Waals surface area contributed by atoms with Crippen LogP contribution >= 0.6 is 35.0 Å². The second-order valence-electron chi connectivity index (χ2n) is 8.02. The molecule has 1 N–H and O–H groups in total. The number of hydrogen-bond donors (Lipinski definition) is 1. The number of anilines is 1. The molecule has 2 heterocycles. The molecule has 2 aliphatic heterocycles. The lowest BCUT2D eigenvalue weighted by atomic mass is 9.83. The fraction of sp³-hybridized carbons (Fsp3) is 0.571. The molecule has 0 radical (unpaired) electrons. The van der Waals surface area contributed by atoms with Gasteiger partial charge in [0.25, 0.3) is 0 Å². The van der Waals surface area contributed by atoms with Crippen LogP contribution in [-0.2, 0) is 14.4 Å². The van der Waals surface area contributed by atoms with Gasteiger partial charge in [-0.15, -0.1) is 0 Å². The van der Waals surface area contributed by atoms with Crippen LogP contribution in [0.3, 0.4) is 0 Å². The van der Waals surface area contributed by atoms with E-state index in [0.717, 1.165) is 11.4 Å². The first-order chi connectivity index (χ1) is 14.2. The maximum Gasteiger partial charge on any atom is 0.228 e. The molecule has 0 aromatic heterocycles. The van der Waals surface area contributed by atoms with Gasteiger partial charge in [-0.1, -0.05) is 30.1 Å². The second kappa shape index (κ2) is 9.79. The Labute approximate surface area is 191 Å². The average Bonchev–Trinajstić information content (AvgIpc) is 2.98. The van der Waals surface area contributed by atoms with Gasteiger partial charge >= 0.3 is 0 Å². The van der Waals surface area contributed by atoms with E-state index in [-0.39, 0.29) is 29.9 Å². The van der Waals surface area contributed by atoms with Crippen molar-refractivity contribution in [1.82, 2.24) is 10.2 Å². The Hall–Kier alpha value is -1.44. The molecule has 0 saturated carbocycles. The highest BCUT2D eigenvalue weighted by atomic mass is 35.5. The van der Waals surface area contributed by atoms with Crippen LogP contribution in [0.4, 0.5) is 5.69 Å². The number of ketones is 1. The van der Waals surface area contributed by atoms with Crippen molar-refractivity contribution in [2.75, 3.05) is 43.1 Å². The lowest BCUT2D eigenvalue weighted by Crippen LogP contribution is -2.53. The van der Waals surface area contributed by atoms with E-state index in [1.807, 2.05) is 30.2 Å². The van der Waals surface area contributed by atoms with Crippen molar-refractivity contribution in [1.29, 1.82) is 0 Å². The highest BCUT2D eigenvalue weighted by Gasteiger charge is 2.47. The van der Waals surface area contributed by atoms with Crippen LogP contribution in [0, 0.1) is 5.92 Å². The van der Waals surface area contributed by atoms with Crippen LogP contribution in [0.5, 0.6) is 0 Å². The van der Waals surface area contributed by atoms with E-state index in [9.17, 15) is 14.4 Å². The van der Waals surface area contributed by atoms with Gasteiger partial charge in [0.1, 0.15) is 5.54 Å².